The highest BCUT2D eigenvalue weighted by Gasteiger charge is 2.07. The van der Waals surface area contributed by atoms with E-state index in [-0.39, 0.29) is 6.10 Å². The van der Waals surface area contributed by atoms with Crippen molar-refractivity contribution in [3.63, 3.8) is 0 Å². The first kappa shape index (κ1) is 17.0. The van der Waals surface area contributed by atoms with Gasteiger partial charge in [-0.05, 0) is 62.1 Å². The number of hydrogen-bond acceptors (Lipinski definition) is 2. The summed E-state index contributed by atoms with van der Waals surface area (Å²) < 4.78 is 12.6. The van der Waals surface area contributed by atoms with Gasteiger partial charge < -0.3 is 9.47 Å². The van der Waals surface area contributed by atoms with Crippen molar-refractivity contribution in [2.75, 3.05) is 13.2 Å². The Kier molecular flexibility index (Phi) is 6.47. The number of halogens is 1. The van der Waals surface area contributed by atoms with Gasteiger partial charge in [0.05, 0.1) is 19.3 Å². The first-order valence-electron chi connectivity index (χ1n) is 7.69. The van der Waals surface area contributed by atoms with E-state index >= 15 is 0 Å². The highest BCUT2D eigenvalue weighted by Crippen LogP contribution is 2.22. The molecule has 0 spiro atoms. The minimum Gasteiger partial charge on any atom is -0.494 e. The second kappa shape index (κ2) is 8.35. The molecule has 0 aliphatic rings. The molecule has 2 aromatic rings. The van der Waals surface area contributed by atoms with Crippen LogP contribution in [-0.4, -0.2) is 13.2 Å². The summed E-state index contributed by atoms with van der Waals surface area (Å²) in [7, 11) is 0. The van der Waals surface area contributed by atoms with E-state index in [2.05, 4.69) is 60.1 Å². The van der Waals surface area contributed by atoms with Crippen molar-refractivity contribution in [3.05, 3.63) is 63.6 Å². The van der Waals surface area contributed by atoms with E-state index in [0.29, 0.717) is 13.2 Å². The molecule has 2 aromatic carbocycles. The fourth-order valence-electron chi connectivity index (χ4n) is 2.30. The number of aryl methyl sites for hydroxylation is 1. The molecule has 0 fully saturated rings. The summed E-state index contributed by atoms with van der Waals surface area (Å²) in [6.45, 7) is 7.56. The number of benzene rings is 2. The molecule has 0 bridgehead atoms. The van der Waals surface area contributed by atoms with Gasteiger partial charge in [-0.15, -0.1) is 0 Å². The first-order chi connectivity index (χ1) is 10.6. The van der Waals surface area contributed by atoms with Crippen LogP contribution in [0.3, 0.4) is 0 Å². The van der Waals surface area contributed by atoms with E-state index in [4.69, 9.17) is 9.47 Å². The molecule has 1 atom stereocenters. The monoisotopic (exact) mass is 362 g/mol. The SMILES string of the molecule is CCOc1ccc(C(C)OCCc2ccc(C)cc2Br)cc1. The Balaban J connectivity index is 1.85. The fraction of sp³-hybridized carbons (Fsp3) is 0.368. The van der Waals surface area contributed by atoms with Crippen LogP contribution in [0.5, 0.6) is 5.75 Å². The smallest absolute Gasteiger partial charge is 0.119 e. The molecule has 118 valence electrons. The van der Waals surface area contributed by atoms with Crippen LogP contribution >= 0.6 is 15.9 Å². The van der Waals surface area contributed by atoms with Crippen LogP contribution in [0.15, 0.2) is 46.9 Å². The van der Waals surface area contributed by atoms with Crippen molar-refractivity contribution >= 4 is 15.9 Å². The molecule has 0 N–H and O–H groups in total. The zero-order valence-corrected chi connectivity index (χ0v) is 15.0. The molecular weight excluding hydrogens is 340 g/mol. The third-order valence-electron chi connectivity index (χ3n) is 3.61. The lowest BCUT2D eigenvalue weighted by Crippen LogP contribution is -2.04. The van der Waals surface area contributed by atoms with Crippen LogP contribution in [0.4, 0.5) is 0 Å². The fourth-order valence-corrected chi connectivity index (χ4v) is 2.99. The summed E-state index contributed by atoms with van der Waals surface area (Å²) in [5.74, 6) is 0.905. The predicted octanol–water partition coefficient (Wildman–Crippen LogP) is 5.48. The molecule has 0 amide bonds. The standard InChI is InChI=1S/C19H23BrO2/c1-4-21-18-9-7-16(8-10-18)15(3)22-12-11-17-6-5-14(2)13-19(17)20/h5-10,13,15H,4,11-12H2,1-3H3. The van der Waals surface area contributed by atoms with E-state index < -0.39 is 0 Å². The minimum atomic E-state index is 0.0832. The highest BCUT2D eigenvalue weighted by molar-refractivity contribution is 9.10. The minimum absolute atomic E-state index is 0.0832. The lowest BCUT2D eigenvalue weighted by molar-refractivity contribution is 0.0680. The average molecular weight is 363 g/mol. The molecule has 2 nitrogen and oxygen atoms in total. The van der Waals surface area contributed by atoms with Gasteiger partial charge in [-0.25, -0.2) is 0 Å². The van der Waals surface area contributed by atoms with Gasteiger partial charge in [0.2, 0.25) is 0 Å². The summed E-state index contributed by atoms with van der Waals surface area (Å²) in [6.07, 6.45) is 0.988. The molecule has 0 saturated heterocycles. The second-order valence-electron chi connectivity index (χ2n) is 5.36. The van der Waals surface area contributed by atoms with Crippen LogP contribution < -0.4 is 4.74 Å². The summed E-state index contributed by atoms with van der Waals surface area (Å²) >= 11 is 3.61. The molecule has 0 saturated carbocycles. The van der Waals surface area contributed by atoms with E-state index in [1.165, 1.54) is 16.7 Å². The maximum absolute atomic E-state index is 5.96. The number of rotatable bonds is 7. The molecule has 0 aliphatic carbocycles. The third kappa shape index (κ3) is 4.85. The number of ether oxygens (including phenoxy) is 2. The van der Waals surface area contributed by atoms with Gasteiger partial charge in [0.15, 0.2) is 0 Å². The van der Waals surface area contributed by atoms with Crippen LogP contribution in [-0.2, 0) is 11.2 Å². The van der Waals surface area contributed by atoms with Gasteiger partial charge in [0.25, 0.3) is 0 Å². The van der Waals surface area contributed by atoms with Crippen molar-refractivity contribution in [2.45, 2.75) is 33.3 Å². The van der Waals surface area contributed by atoms with Crippen molar-refractivity contribution in [1.29, 1.82) is 0 Å². The van der Waals surface area contributed by atoms with Gasteiger partial charge in [-0.3, -0.25) is 0 Å². The van der Waals surface area contributed by atoms with Gasteiger partial charge in [0.1, 0.15) is 5.75 Å². The Morgan fingerprint density at radius 3 is 2.45 bits per heavy atom. The molecule has 0 radical (unpaired) electrons. The first-order valence-corrected chi connectivity index (χ1v) is 8.49. The molecule has 1 unspecified atom stereocenters. The zero-order chi connectivity index (χ0) is 15.9. The van der Waals surface area contributed by atoms with Gasteiger partial charge in [-0.1, -0.05) is 40.2 Å². The molecule has 22 heavy (non-hydrogen) atoms. The van der Waals surface area contributed by atoms with Crippen molar-refractivity contribution in [1.82, 2.24) is 0 Å². The summed E-state index contributed by atoms with van der Waals surface area (Å²) in [5, 5.41) is 0. The van der Waals surface area contributed by atoms with Crippen LogP contribution in [0.2, 0.25) is 0 Å². The largest absolute Gasteiger partial charge is 0.494 e. The van der Waals surface area contributed by atoms with Crippen molar-refractivity contribution < 1.29 is 9.47 Å². The average Bonchev–Trinajstić information content (AvgIpc) is 2.50. The van der Waals surface area contributed by atoms with E-state index in [9.17, 15) is 0 Å². The second-order valence-corrected chi connectivity index (χ2v) is 6.21. The normalized spacial score (nSPS) is 12.2. The molecule has 2 rings (SSSR count). The van der Waals surface area contributed by atoms with Crippen molar-refractivity contribution in [2.24, 2.45) is 0 Å². The molecule has 0 heterocycles. The Hall–Kier alpha value is -1.32. The van der Waals surface area contributed by atoms with E-state index in [1.54, 1.807) is 0 Å². The maximum atomic E-state index is 5.96. The van der Waals surface area contributed by atoms with Gasteiger partial charge in [-0.2, -0.15) is 0 Å². The van der Waals surface area contributed by atoms with E-state index in [0.717, 1.165) is 16.6 Å². The lowest BCUT2D eigenvalue weighted by Gasteiger charge is -2.14. The van der Waals surface area contributed by atoms with E-state index in [1.807, 2.05) is 19.1 Å². The molecular formula is C19H23BrO2. The molecule has 3 heteroatoms. The molecule has 0 aromatic heterocycles. The van der Waals surface area contributed by atoms with Crippen LogP contribution in [0.25, 0.3) is 0 Å². The Morgan fingerprint density at radius 1 is 1.09 bits per heavy atom. The Bertz CT molecular complexity index is 593. The van der Waals surface area contributed by atoms with Crippen LogP contribution in [0, 0.1) is 6.92 Å². The summed E-state index contributed by atoms with van der Waals surface area (Å²) in [5.41, 5.74) is 3.72. The Morgan fingerprint density at radius 2 is 1.82 bits per heavy atom. The van der Waals surface area contributed by atoms with Crippen molar-refractivity contribution in [3.8, 4) is 5.75 Å². The summed E-state index contributed by atoms with van der Waals surface area (Å²) in [6, 6.07) is 14.6. The zero-order valence-electron chi connectivity index (χ0n) is 13.4. The highest BCUT2D eigenvalue weighted by atomic mass is 79.9. The number of hydrogen-bond donors (Lipinski definition) is 0. The molecule has 0 aliphatic heterocycles. The third-order valence-corrected chi connectivity index (χ3v) is 4.35. The topological polar surface area (TPSA) is 18.5 Å². The van der Waals surface area contributed by atoms with Gasteiger partial charge in [0, 0.05) is 4.47 Å². The lowest BCUT2D eigenvalue weighted by atomic mass is 10.1. The predicted molar refractivity (Wildman–Crippen MR) is 94.6 cm³/mol. The van der Waals surface area contributed by atoms with Crippen LogP contribution in [0.1, 0.15) is 36.6 Å². The van der Waals surface area contributed by atoms with Gasteiger partial charge >= 0.3 is 0 Å². The Labute approximate surface area is 141 Å². The summed E-state index contributed by atoms with van der Waals surface area (Å²) in [4.78, 5) is 0. The quantitative estimate of drug-likeness (QED) is 0.649. The maximum Gasteiger partial charge on any atom is 0.119 e.